The van der Waals surface area contributed by atoms with Crippen molar-refractivity contribution in [3.8, 4) is 0 Å². The summed E-state index contributed by atoms with van der Waals surface area (Å²) in [6, 6.07) is 1.03. The van der Waals surface area contributed by atoms with Gasteiger partial charge in [0.15, 0.2) is 11.7 Å². The maximum Gasteiger partial charge on any atom is 0.410 e. The van der Waals surface area contributed by atoms with Gasteiger partial charge in [-0.2, -0.15) is 23.4 Å². The number of fused-ring (bicyclic) bond motifs is 2. The molecule has 7 nitrogen and oxygen atoms in total. The molecule has 0 saturated heterocycles. The summed E-state index contributed by atoms with van der Waals surface area (Å²) in [6.45, 7) is 2.65. The van der Waals surface area contributed by atoms with E-state index >= 15 is 0 Å². The second-order valence-corrected chi connectivity index (χ2v) is 8.63. The number of carbonyl (C=O) groups is 1. The summed E-state index contributed by atoms with van der Waals surface area (Å²) < 4.78 is 70.0. The molecule has 1 unspecified atom stereocenters. The van der Waals surface area contributed by atoms with E-state index in [2.05, 4.69) is 15.2 Å². The summed E-state index contributed by atoms with van der Waals surface area (Å²) in [4.78, 5) is 18.9. The van der Waals surface area contributed by atoms with Crippen molar-refractivity contribution >= 4 is 22.8 Å². The number of halogens is 5. The van der Waals surface area contributed by atoms with E-state index < -0.39 is 24.6 Å². The largest absolute Gasteiger partial charge is 0.410 e. The van der Waals surface area contributed by atoms with E-state index in [1.807, 2.05) is 0 Å². The first kappa shape index (κ1) is 21.8. The molecule has 0 aromatic carbocycles. The highest BCUT2D eigenvalue weighted by atomic mass is 19.4. The Morgan fingerprint density at radius 2 is 1.88 bits per heavy atom. The molecule has 1 atom stereocenters. The van der Waals surface area contributed by atoms with Gasteiger partial charge in [-0.3, -0.25) is 9.69 Å². The monoisotopic (exact) mass is 468 g/mol. The van der Waals surface area contributed by atoms with E-state index in [9.17, 15) is 26.7 Å². The molecule has 0 bridgehead atoms. The molecular weight excluding hydrogens is 447 g/mol. The number of aromatic nitrogens is 5. The number of carbonyl (C=O) groups excluding carboxylic acids is 1. The number of amides is 1. The van der Waals surface area contributed by atoms with Gasteiger partial charge in [-0.05, 0) is 39.2 Å². The zero-order chi connectivity index (χ0) is 23.7. The third-order valence-electron chi connectivity index (χ3n) is 6.16. The van der Waals surface area contributed by atoms with Gasteiger partial charge in [0.1, 0.15) is 12.4 Å². The van der Waals surface area contributed by atoms with Gasteiger partial charge in [0, 0.05) is 29.8 Å². The molecule has 176 valence electrons. The van der Waals surface area contributed by atoms with Crippen LogP contribution in [0.1, 0.15) is 60.3 Å². The van der Waals surface area contributed by atoms with Crippen LogP contribution >= 0.6 is 0 Å². The predicted octanol–water partition coefficient (Wildman–Crippen LogP) is 4.60. The lowest BCUT2D eigenvalue weighted by atomic mass is 10.1. The van der Waals surface area contributed by atoms with Crippen molar-refractivity contribution < 1.29 is 26.7 Å². The Bertz CT molecular complexity index is 1240. The fourth-order valence-electron chi connectivity index (χ4n) is 4.47. The number of rotatable bonds is 4. The van der Waals surface area contributed by atoms with E-state index in [1.165, 1.54) is 21.7 Å². The smallest absolute Gasteiger partial charge is 0.295 e. The van der Waals surface area contributed by atoms with Gasteiger partial charge in [-0.25, -0.2) is 23.1 Å². The number of anilines is 1. The molecular formula is C21H21F5N6O. The number of pyridine rings is 1. The minimum absolute atomic E-state index is 0.0548. The molecule has 0 N–H and O–H groups in total. The van der Waals surface area contributed by atoms with Gasteiger partial charge < -0.3 is 0 Å². The van der Waals surface area contributed by atoms with E-state index in [1.54, 1.807) is 13.8 Å². The van der Waals surface area contributed by atoms with Crippen LogP contribution < -0.4 is 4.90 Å². The Morgan fingerprint density at radius 1 is 1.15 bits per heavy atom. The van der Waals surface area contributed by atoms with Gasteiger partial charge in [0.25, 0.3) is 6.43 Å². The van der Waals surface area contributed by atoms with Crippen molar-refractivity contribution in [3.63, 3.8) is 0 Å². The fourth-order valence-corrected chi connectivity index (χ4v) is 4.47. The second-order valence-electron chi connectivity index (χ2n) is 8.63. The van der Waals surface area contributed by atoms with Crippen molar-refractivity contribution in [2.75, 3.05) is 11.4 Å². The molecule has 3 aromatic heterocycles. The standard InChI is InChI=1S/C21H21F5N6O/c1-10-7-16-30(6-5-15(21(24,25)26)32(16)28-10)17(33)9-31-20-18(11(2)29-31)13(19(22)23)8-14(27-20)12-3-4-12/h7-8,12,15,19H,3-6,9H2,1-2H3. The number of alkyl halides is 5. The number of hydrogen-bond donors (Lipinski definition) is 0. The minimum Gasteiger partial charge on any atom is -0.295 e. The Morgan fingerprint density at radius 3 is 2.52 bits per heavy atom. The Labute approximate surface area is 185 Å². The summed E-state index contributed by atoms with van der Waals surface area (Å²) >= 11 is 0. The summed E-state index contributed by atoms with van der Waals surface area (Å²) in [6.07, 6.45) is -5.82. The molecule has 1 aliphatic carbocycles. The molecule has 12 heteroatoms. The van der Waals surface area contributed by atoms with Gasteiger partial charge in [-0.1, -0.05) is 0 Å². The van der Waals surface area contributed by atoms with Crippen LogP contribution in [0, 0.1) is 13.8 Å². The van der Waals surface area contributed by atoms with Gasteiger partial charge >= 0.3 is 6.18 Å². The average Bonchev–Trinajstić information content (AvgIpc) is 3.44. The molecule has 5 rings (SSSR count). The highest BCUT2D eigenvalue weighted by molar-refractivity contribution is 5.94. The Hall–Kier alpha value is -3.05. The van der Waals surface area contributed by atoms with Gasteiger partial charge in [0.05, 0.1) is 16.8 Å². The van der Waals surface area contributed by atoms with Gasteiger partial charge in [-0.15, -0.1) is 0 Å². The van der Waals surface area contributed by atoms with Crippen LogP contribution in [-0.4, -0.2) is 43.2 Å². The highest BCUT2D eigenvalue weighted by Gasteiger charge is 2.46. The maximum absolute atomic E-state index is 13.8. The minimum atomic E-state index is -4.49. The molecule has 0 spiro atoms. The predicted molar refractivity (Wildman–Crippen MR) is 108 cm³/mol. The van der Waals surface area contributed by atoms with Crippen LogP contribution in [0.25, 0.3) is 11.0 Å². The average molecular weight is 468 g/mol. The zero-order valence-corrected chi connectivity index (χ0v) is 17.9. The van der Waals surface area contributed by atoms with Crippen LogP contribution in [0.15, 0.2) is 12.1 Å². The quantitative estimate of drug-likeness (QED) is 0.525. The molecule has 1 fully saturated rings. The number of nitrogens with zero attached hydrogens (tertiary/aromatic N) is 6. The van der Waals surface area contributed by atoms with Crippen molar-refractivity contribution in [1.82, 2.24) is 24.5 Å². The fraction of sp³-hybridized carbons (Fsp3) is 0.524. The molecule has 1 amide bonds. The van der Waals surface area contributed by atoms with Crippen LogP contribution in [0.2, 0.25) is 0 Å². The SMILES string of the molecule is Cc1cc2n(n1)C(C(F)(F)F)CCN2C(=O)Cn1nc(C)c2c(C(F)F)cc(C3CC3)nc21. The number of hydrogen-bond acceptors (Lipinski definition) is 4. The number of aryl methyl sites for hydroxylation is 2. The summed E-state index contributed by atoms with van der Waals surface area (Å²) in [5.41, 5.74) is 1.25. The first-order valence-corrected chi connectivity index (χ1v) is 10.6. The first-order valence-electron chi connectivity index (χ1n) is 10.6. The summed E-state index contributed by atoms with van der Waals surface area (Å²) in [5.74, 6) is -0.345. The van der Waals surface area contributed by atoms with Crippen LogP contribution in [0.5, 0.6) is 0 Å². The van der Waals surface area contributed by atoms with Crippen molar-refractivity contribution in [2.45, 2.75) is 64.2 Å². The summed E-state index contributed by atoms with van der Waals surface area (Å²) in [5, 5.41) is 8.43. The second kappa shape index (κ2) is 7.49. The van der Waals surface area contributed by atoms with E-state index in [4.69, 9.17) is 0 Å². The highest BCUT2D eigenvalue weighted by Crippen LogP contribution is 2.42. The molecule has 4 heterocycles. The van der Waals surface area contributed by atoms with Crippen LogP contribution in [-0.2, 0) is 11.3 Å². The molecule has 1 saturated carbocycles. The van der Waals surface area contributed by atoms with Crippen molar-refractivity contribution in [2.24, 2.45) is 0 Å². The van der Waals surface area contributed by atoms with Gasteiger partial charge in [0.2, 0.25) is 5.91 Å². The lowest BCUT2D eigenvalue weighted by molar-refractivity contribution is -0.173. The lowest BCUT2D eigenvalue weighted by Gasteiger charge is -2.33. The van der Waals surface area contributed by atoms with E-state index in [-0.39, 0.29) is 47.8 Å². The molecule has 3 aromatic rings. The van der Waals surface area contributed by atoms with Crippen LogP contribution in [0.4, 0.5) is 27.8 Å². The van der Waals surface area contributed by atoms with Crippen molar-refractivity contribution in [3.05, 3.63) is 34.8 Å². The van der Waals surface area contributed by atoms with Crippen molar-refractivity contribution in [1.29, 1.82) is 0 Å². The first-order chi connectivity index (χ1) is 15.5. The summed E-state index contributed by atoms with van der Waals surface area (Å²) in [7, 11) is 0. The third-order valence-corrected chi connectivity index (χ3v) is 6.16. The Kier molecular flexibility index (Phi) is 4.94. The molecule has 33 heavy (non-hydrogen) atoms. The van der Waals surface area contributed by atoms with E-state index in [0.717, 1.165) is 17.5 Å². The molecule has 2 aliphatic rings. The zero-order valence-electron chi connectivity index (χ0n) is 17.9. The third kappa shape index (κ3) is 3.74. The normalized spacial score (nSPS) is 18.9. The van der Waals surface area contributed by atoms with E-state index in [0.29, 0.717) is 17.1 Å². The topological polar surface area (TPSA) is 68.8 Å². The molecule has 0 radical (unpaired) electrons. The maximum atomic E-state index is 13.8. The Balaban J connectivity index is 1.51. The lowest BCUT2D eigenvalue weighted by Crippen LogP contribution is -2.44. The molecule has 1 aliphatic heterocycles. The van der Waals surface area contributed by atoms with Crippen LogP contribution in [0.3, 0.4) is 0 Å².